The van der Waals surface area contributed by atoms with Gasteiger partial charge in [-0.3, -0.25) is 0 Å². The molecule has 0 saturated heterocycles. The Morgan fingerprint density at radius 3 is 2.62 bits per heavy atom. The van der Waals surface area contributed by atoms with Gasteiger partial charge in [0.2, 0.25) is 0 Å². The molecule has 7 heteroatoms. The van der Waals surface area contributed by atoms with E-state index in [0.29, 0.717) is 34.6 Å². The Morgan fingerprint density at radius 1 is 1.04 bits per heavy atom. The number of nitrogens with zero attached hydrogens (tertiary/aromatic N) is 1. The first-order chi connectivity index (χ1) is 12.6. The van der Waals surface area contributed by atoms with Gasteiger partial charge in [0.1, 0.15) is 5.01 Å². The van der Waals surface area contributed by atoms with E-state index in [4.69, 9.17) is 32.7 Å². The van der Waals surface area contributed by atoms with Gasteiger partial charge in [-0.1, -0.05) is 35.3 Å². The van der Waals surface area contributed by atoms with Gasteiger partial charge in [0.05, 0.1) is 29.1 Å². The zero-order valence-corrected chi connectivity index (χ0v) is 16.7. The number of ether oxygens (including phenoxy) is 2. The Morgan fingerprint density at radius 2 is 1.88 bits per heavy atom. The molecule has 0 fully saturated rings. The van der Waals surface area contributed by atoms with Crippen LogP contribution in [-0.2, 0) is 13.1 Å². The minimum atomic E-state index is 0.562. The van der Waals surface area contributed by atoms with Crippen LogP contribution in [0, 0.1) is 0 Å². The summed E-state index contributed by atoms with van der Waals surface area (Å²) in [5.74, 6) is 1.42. The molecule has 0 aliphatic carbocycles. The summed E-state index contributed by atoms with van der Waals surface area (Å²) < 4.78 is 10.9. The van der Waals surface area contributed by atoms with Gasteiger partial charge in [0.25, 0.3) is 0 Å². The largest absolute Gasteiger partial charge is 0.493 e. The lowest BCUT2D eigenvalue weighted by molar-refractivity contribution is 0.356. The van der Waals surface area contributed by atoms with Crippen LogP contribution in [-0.4, -0.2) is 19.2 Å². The number of thiazole rings is 1. The normalized spacial score (nSPS) is 10.8. The van der Waals surface area contributed by atoms with Gasteiger partial charge in [-0.2, -0.15) is 0 Å². The number of hydrogen-bond acceptors (Lipinski definition) is 5. The average Bonchev–Trinajstić information content (AvgIpc) is 3.12. The van der Waals surface area contributed by atoms with Crippen LogP contribution in [0.25, 0.3) is 10.4 Å². The zero-order valence-electron chi connectivity index (χ0n) is 14.4. The summed E-state index contributed by atoms with van der Waals surface area (Å²) in [6.07, 6.45) is 1.86. The van der Waals surface area contributed by atoms with E-state index in [9.17, 15) is 0 Å². The predicted molar refractivity (Wildman–Crippen MR) is 108 cm³/mol. The Balaban J connectivity index is 1.68. The maximum atomic E-state index is 6.04. The Bertz CT molecular complexity index is 899. The Hall–Kier alpha value is -1.79. The molecule has 3 rings (SSSR count). The molecular formula is C19H18Cl2N2O2S. The lowest BCUT2D eigenvalue weighted by Crippen LogP contribution is -2.12. The van der Waals surface area contributed by atoms with Crippen LogP contribution < -0.4 is 14.8 Å². The molecule has 1 N–H and O–H groups in total. The summed E-state index contributed by atoms with van der Waals surface area (Å²) in [6.45, 7) is 1.35. The number of para-hydroxylation sites is 1. The second kappa shape index (κ2) is 8.73. The van der Waals surface area contributed by atoms with Crippen LogP contribution in [0.2, 0.25) is 10.0 Å². The molecule has 0 aliphatic rings. The van der Waals surface area contributed by atoms with E-state index < -0.39 is 0 Å². The molecule has 1 aromatic heterocycles. The van der Waals surface area contributed by atoms with Gasteiger partial charge < -0.3 is 14.8 Å². The molecule has 0 saturated carbocycles. The van der Waals surface area contributed by atoms with Crippen molar-refractivity contribution in [2.24, 2.45) is 0 Å². The van der Waals surface area contributed by atoms with Crippen molar-refractivity contribution in [3.8, 4) is 21.9 Å². The number of rotatable bonds is 7. The van der Waals surface area contributed by atoms with Crippen LogP contribution in [0.5, 0.6) is 11.5 Å². The number of halogens is 2. The molecule has 0 unspecified atom stereocenters. The highest BCUT2D eigenvalue weighted by molar-refractivity contribution is 7.15. The quantitative estimate of drug-likeness (QED) is 0.566. The Labute approximate surface area is 166 Å². The number of nitrogens with one attached hydrogen (secondary N) is 1. The predicted octanol–water partition coefficient (Wildman–Crippen LogP) is 5.42. The Kier molecular flexibility index (Phi) is 6.38. The van der Waals surface area contributed by atoms with Crippen molar-refractivity contribution in [3.63, 3.8) is 0 Å². The lowest BCUT2D eigenvalue weighted by Gasteiger charge is -2.10. The molecule has 136 valence electrons. The first-order valence-electron chi connectivity index (χ1n) is 7.93. The van der Waals surface area contributed by atoms with Gasteiger partial charge in [-0.15, -0.1) is 11.3 Å². The topological polar surface area (TPSA) is 43.4 Å². The van der Waals surface area contributed by atoms with Gasteiger partial charge in [-0.25, -0.2) is 4.98 Å². The zero-order chi connectivity index (χ0) is 18.5. The highest BCUT2D eigenvalue weighted by Crippen LogP contribution is 2.39. The molecule has 26 heavy (non-hydrogen) atoms. The molecule has 4 nitrogen and oxygen atoms in total. The molecule has 1 heterocycles. The summed E-state index contributed by atoms with van der Waals surface area (Å²) in [4.78, 5) is 5.53. The van der Waals surface area contributed by atoms with Crippen molar-refractivity contribution in [1.29, 1.82) is 0 Å². The van der Waals surface area contributed by atoms with Crippen molar-refractivity contribution in [2.75, 3.05) is 14.2 Å². The van der Waals surface area contributed by atoms with E-state index in [1.165, 1.54) is 0 Å². The van der Waals surface area contributed by atoms with Crippen molar-refractivity contribution in [3.05, 3.63) is 63.2 Å². The third-order valence-electron chi connectivity index (χ3n) is 3.81. The number of aromatic nitrogens is 1. The summed E-state index contributed by atoms with van der Waals surface area (Å²) in [5, 5.41) is 5.49. The van der Waals surface area contributed by atoms with Gasteiger partial charge in [0, 0.05) is 24.8 Å². The molecule has 3 aromatic rings. The standard InChI is InChI=1S/C19H18Cl2N2O2S/c1-24-16-5-3-4-13(19(16)25-2)17-10-23-18(26-17)11-22-9-12-6-7-14(20)15(21)8-12/h3-8,10,22H,9,11H2,1-2H3. The second-order valence-corrected chi connectivity index (χ2v) is 7.44. The van der Waals surface area contributed by atoms with Crippen LogP contribution in [0.4, 0.5) is 0 Å². The van der Waals surface area contributed by atoms with Crippen LogP contribution in [0.3, 0.4) is 0 Å². The lowest BCUT2D eigenvalue weighted by atomic mass is 10.1. The van der Waals surface area contributed by atoms with E-state index in [-0.39, 0.29) is 0 Å². The molecule has 0 radical (unpaired) electrons. The van der Waals surface area contributed by atoms with E-state index in [2.05, 4.69) is 10.3 Å². The summed E-state index contributed by atoms with van der Waals surface area (Å²) in [5.41, 5.74) is 2.05. The van der Waals surface area contributed by atoms with Crippen LogP contribution in [0.15, 0.2) is 42.6 Å². The van der Waals surface area contributed by atoms with Crippen molar-refractivity contribution in [2.45, 2.75) is 13.1 Å². The smallest absolute Gasteiger partial charge is 0.169 e. The van der Waals surface area contributed by atoms with E-state index >= 15 is 0 Å². The average molecular weight is 409 g/mol. The van der Waals surface area contributed by atoms with Crippen LogP contribution in [0.1, 0.15) is 10.6 Å². The fourth-order valence-corrected chi connectivity index (χ4v) is 3.79. The number of methoxy groups -OCH3 is 2. The fraction of sp³-hybridized carbons (Fsp3) is 0.211. The van der Waals surface area contributed by atoms with Gasteiger partial charge in [0.15, 0.2) is 11.5 Å². The first-order valence-corrected chi connectivity index (χ1v) is 9.50. The fourth-order valence-electron chi connectivity index (χ4n) is 2.56. The molecule has 0 amide bonds. The summed E-state index contributed by atoms with van der Waals surface area (Å²) in [6, 6.07) is 11.4. The molecule has 0 bridgehead atoms. The minimum Gasteiger partial charge on any atom is -0.493 e. The molecule has 0 atom stereocenters. The van der Waals surface area contributed by atoms with Gasteiger partial charge in [-0.05, 0) is 29.8 Å². The SMILES string of the molecule is COc1cccc(-c2cnc(CNCc3ccc(Cl)c(Cl)c3)s2)c1OC. The van der Waals surface area contributed by atoms with Crippen molar-refractivity contribution in [1.82, 2.24) is 10.3 Å². The van der Waals surface area contributed by atoms with Crippen molar-refractivity contribution < 1.29 is 9.47 Å². The molecular weight excluding hydrogens is 391 g/mol. The molecule has 0 aliphatic heterocycles. The number of benzene rings is 2. The second-order valence-electron chi connectivity index (χ2n) is 5.51. The third-order valence-corrected chi connectivity index (χ3v) is 5.58. The maximum absolute atomic E-state index is 6.04. The van der Waals surface area contributed by atoms with E-state index in [1.807, 2.05) is 36.5 Å². The van der Waals surface area contributed by atoms with Crippen molar-refractivity contribution >= 4 is 34.5 Å². The molecule has 2 aromatic carbocycles. The monoisotopic (exact) mass is 408 g/mol. The number of hydrogen-bond donors (Lipinski definition) is 1. The summed E-state index contributed by atoms with van der Waals surface area (Å²) >= 11 is 13.6. The highest BCUT2D eigenvalue weighted by atomic mass is 35.5. The summed E-state index contributed by atoms with van der Waals surface area (Å²) in [7, 11) is 3.27. The first kappa shape index (κ1) is 19.0. The minimum absolute atomic E-state index is 0.562. The molecule has 0 spiro atoms. The van der Waals surface area contributed by atoms with E-state index in [1.54, 1.807) is 31.6 Å². The maximum Gasteiger partial charge on any atom is 0.169 e. The van der Waals surface area contributed by atoms with Gasteiger partial charge >= 0.3 is 0 Å². The van der Waals surface area contributed by atoms with Crippen LogP contribution >= 0.6 is 34.5 Å². The third kappa shape index (κ3) is 4.30. The van der Waals surface area contributed by atoms with E-state index in [0.717, 1.165) is 21.0 Å². The highest BCUT2D eigenvalue weighted by Gasteiger charge is 2.14.